The maximum absolute atomic E-state index is 12.6. The fourth-order valence-corrected chi connectivity index (χ4v) is 4.57. The van der Waals surface area contributed by atoms with Gasteiger partial charge in [0.1, 0.15) is 5.75 Å². The van der Waals surface area contributed by atoms with Crippen LogP contribution in [-0.2, 0) is 4.79 Å². The number of methoxy groups -OCH3 is 2. The highest BCUT2D eigenvalue weighted by molar-refractivity contribution is 5.92. The van der Waals surface area contributed by atoms with E-state index in [2.05, 4.69) is 18.8 Å². The Balaban J connectivity index is 1.61. The Morgan fingerprint density at radius 2 is 1.94 bits per heavy atom. The summed E-state index contributed by atoms with van der Waals surface area (Å²) in [6.45, 7) is 5.71. The first-order valence-electron chi connectivity index (χ1n) is 11.5. The van der Waals surface area contributed by atoms with E-state index in [-0.39, 0.29) is 24.5 Å². The number of benzene rings is 2. The van der Waals surface area contributed by atoms with Gasteiger partial charge in [-0.3, -0.25) is 4.79 Å². The molecule has 1 aromatic heterocycles. The number of amides is 1. The molecule has 0 aliphatic carbocycles. The highest BCUT2D eigenvalue weighted by atomic mass is 16.5. The van der Waals surface area contributed by atoms with Crippen molar-refractivity contribution in [3.8, 4) is 28.5 Å². The minimum Gasteiger partial charge on any atom is -0.493 e. The van der Waals surface area contributed by atoms with Crippen molar-refractivity contribution in [2.75, 3.05) is 33.9 Å². The Morgan fingerprint density at radius 3 is 2.64 bits per heavy atom. The zero-order valence-corrected chi connectivity index (χ0v) is 19.8. The molecule has 0 spiro atoms. The summed E-state index contributed by atoms with van der Waals surface area (Å²) in [5, 5.41) is 1.08. The van der Waals surface area contributed by atoms with Crippen LogP contribution in [0.3, 0.4) is 0 Å². The van der Waals surface area contributed by atoms with Crippen LogP contribution in [0, 0.1) is 0 Å². The number of hydrogen-bond acceptors (Lipinski definition) is 5. The number of aromatic nitrogens is 1. The molecule has 1 saturated heterocycles. The lowest BCUT2D eigenvalue weighted by Gasteiger charge is -2.30. The van der Waals surface area contributed by atoms with E-state index in [9.17, 15) is 4.79 Å². The van der Waals surface area contributed by atoms with Crippen molar-refractivity contribution in [1.82, 2.24) is 9.88 Å². The number of ether oxygens (including phenoxy) is 3. The number of hydrogen-bond donors (Lipinski definition) is 2. The molecule has 7 heteroatoms. The number of aromatic amines is 1. The second-order valence-electron chi connectivity index (χ2n) is 8.88. The third kappa shape index (κ3) is 4.78. The number of H-pyrrole nitrogens is 1. The lowest BCUT2D eigenvalue weighted by molar-refractivity contribution is -0.134. The van der Waals surface area contributed by atoms with E-state index in [1.54, 1.807) is 19.1 Å². The zero-order chi connectivity index (χ0) is 23.5. The van der Waals surface area contributed by atoms with Crippen molar-refractivity contribution in [2.45, 2.75) is 38.6 Å². The Labute approximate surface area is 194 Å². The number of rotatable bonds is 7. The van der Waals surface area contributed by atoms with Crippen molar-refractivity contribution in [2.24, 2.45) is 5.73 Å². The summed E-state index contributed by atoms with van der Waals surface area (Å²) >= 11 is 0. The van der Waals surface area contributed by atoms with Gasteiger partial charge >= 0.3 is 0 Å². The molecule has 0 radical (unpaired) electrons. The average molecular weight is 452 g/mol. The highest BCUT2D eigenvalue weighted by Crippen LogP contribution is 2.39. The molecule has 7 nitrogen and oxygen atoms in total. The molecule has 1 aliphatic rings. The van der Waals surface area contributed by atoms with Gasteiger partial charge < -0.3 is 29.8 Å². The van der Waals surface area contributed by atoms with E-state index in [1.807, 2.05) is 36.4 Å². The molecule has 0 saturated carbocycles. The Bertz CT molecular complexity index is 1140. The summed E-state index contributed by atoms with van der Waals surface area (Å²) < 4.78 is 16.8. The smallest absolute Gasteiger partial charge is 0.260 e. The van der Waals surface area contributed by atoms with Gasteiger partial charge in [0.05, 0.1) is 19.9 Å². The van der Waals surface area contributed by atoms with Crippen LogP contribution in [0.2, 0.25) is 0 Å². The molecule has 1 atom stereocenters. The summed E-state index contributed by atoms with van der Waals surface area (Å²) in [4.78, 5) is 17.9. The van der Waals surface area contributed by atoms with Crippen molar-refractivity contribution in [1.29, 1.82) is 0 Å². The van der Waals surface area contributed by atoms with Gasteiger partial charge in [0, 0.05) is 35.6 Å². The molecule has 2 aromatic carbocycles. The predicted octanol–water partition coefficient (Wildman–Crippen LogP) is 4.30. The van der Waals surface area contributed by atoms with Gasteiger partial charge in [-0.1, -0.05) is 13.8 Å². The van der Waals surface area contributed by atoms with Gasteiger partial charge in [-0.25, -0.2) is 0 Å². The maximum atomic E-state index is 12.6. The van der Waals surface area contributed by atoms with E-state index in [0.717, 1.165) is 41.5 Å². The quantitative estimate of drug-likeness (QED) is 0.559. The van der Waals surface area contributed by atoms with E-state index < -0.39 is 0 Å². The molecule has 2 heterocycles. The molecule has 1 aliphatic heterocycles. The summed E-state index contributed by atoms with van der Waals surface area (Å²) in [6, 6.07) is 11.9. The van der Waals surface area contributed by atoms with Crippen LogP contribution in [-0.4, -0.2) is 55.7 Å². The number of nitrogens with zero attached hydrogens (tertiary/aromatic N) is 1. The van der Waals surface area contributed by atoms with Crippen LogP contribution in [0.5, 0.6) is 17.2 Å². The SMILES string of the molecule is COc1ccc(-c2[nH]c3ccc(OCC(=O)N4CCCC(N)C4)cc3c2C(C)C)cc1OC. The predicted molar refractivity (Wildman–Crippen MR) is 130 cm³/mol. The first kappa shape index (κ1) is 23.0. The normalized spacial score (nSPS) is 16.3. The van der Waals surface area contributed by atoms with Crippen molar-refractivity contribution < 1.29 is 19.0 Å². The number of carbonyl (C=O) groups is 1. The summed E-state index contributed by atoms with van der Waals surface area (Å²) in [7, 11) is 3.27. The van der Waals surface area contributed by atoms with Crippen LogP contribution < -0.4 is 19.9 Å². The average Bonchev–Trinajstić information content (AvgIpc) is 3.21. The summed E-state index contributed by atoms with van der Waals surface area (Å²) in [5.74, 6) is 2.31. The Morgan fingerprint density at radius 1 is 1.15 bits per heavy atom. The first-order chi connectivity index (χ1) is 15.9. The molecule has 176 valence electrons. The first-order valence-corrected chi connectivity index (χ1v) is 11.5. The van der Waals surface area contributed by atoms with Crippen molar-refractivity contribution >= 4 is 16.8 Å². The lowest BCUT2D eigenvalue weighted by atomic mass is 9.96. The number of fused-ring (bicyclic) bond motifs is 1. The van der Waals surface area contributed by atoms with Crippen LogP contribution in [0.4, 0.5) is 0 Å². The van der Waals surface area contributed by atoms with Crippen LogP contribution in [0.1, 0.15) is 38.2 Å². The minimum atomic E-state index is -0.0191. The number of nitrogens with one attached hydrogen (secondary N) is 1. The molecule has 1 fully saturated rings. The number of piperidine rings is 1. The fourth-order valence-electron chi connectivity index (χ4n) is 4.57. The monoisotopic (exact) mass is 451 g/mol. The van der Waals surface area contributed by atoms with E-state index in [4.69, 9.17) is 19.9 Å². The largest absolute Gasteiger partial charge is 0.493 e. The Hall–Kier alpha value is -3.19. The van der Waals surface area contributed by atoms with Crippen LogP contribution in [0.25, 0.3) is 22.2 Å². The molecule has 1 amide bonds. The Kier molecular flexibility index (Phi) is 6.79. The third-order valence-electron chi connectivity index (χ3n) is 6.23. The number of nitrogens with two attached hydrogens (primary N) is 1. The second kappa shape index (κ2) is 9.75. The number of likely N-dealkylation sites (tertiary alicyclic amines) is 1. The molecule has 0 bridgehead atoms. The van der Waals surface area contributed by atoms with Gasteiger partial charge in [-0.2, -0.15) is 0 Å². The molecule has 3 aromatic rings. The lowest BCUT2D eigenvalue weighted by Crippen LogP contribution is -2.47. The van der Waals surface area contributed by atoms with E-state index in [1.165, 1.54) is 5.56 Å². The van der Waals surface area contributed by atoms with Crippen LogP contribution in [0.15, 0.2) is 36.4 Å². The summed E-state index contributed by atoms with van der Waals surface area (Å²) in [6.07, 6.45) is 1.91. The minimum absolute atomic E-state index is 0.0161. The molecular weight excluding hydrogens is 418 g/mol. The number of carbonyl (C=O) groups excluding carboxylic acids is 1. The van der Waals surface area contributed by atoms with E-state index >= 15 is 0 Å². The zero-order valence-electron chi connectivity index (χ0n) is 19.8. The second-order valence-corrected chi connectivity index (χ2v) is 8.88. The van der Waals surface area contributed by atoms with Gasteiger partial charge in [0.25, 0.3) is 5.91 Å². The van der Waals surface area contributed by atoms with Crippen LogP contribution >= 0.6 is 0 Å². The topological polar surface area (TPSA) is 89.8 Å². The molecule has 4 rings (SSSR count). The third-order valence-corrected chi connectivity index (χ3v) is 6.23. The molecule has 3 N–H and O–H groups in total. The molecule has 33 heavy (non-hydrogen) atoms. The fraction of sp³-hybridized carbons (Fsp3) is 0.423. The van der Waals surface area contributed by atoms with Gasteiger partial charge in [0.15, 0.2) is 18.1 Å². The molecule has 1 unspecified atom stereocenters. The van der Waals surface area contributed by atoms with E-state index in [0.29, 0.717) is 23.8 Å². The van der Waals surface area contributed by atoms with Gasteiger partial charge in [-0.05, 0) is 60.7 Å². The van der Waals surface area contributed by atoms with Crippen molar-refractivity contribution in [3.63, 3.8) is 0 Å². The maximum Gasteiger partial charge on any atom is 0.260 e. The van der Waals surface area contributed by atoms with Gasteiger partial charge in [-0.15, -0.1) is 0 Å². The van der Waals surface area contributed by atoms with Gasteiger partial charge in [0.2, 0.25) is 0 Å². The standard InChI is InChI=1S/C26H33N3O4/c1-16(2)25-20-13-19(33-15-24(30)29-11-5-6-18(27)14-29)8-9-21(20)28-26(25)17-7-10-22(31-3)23(12-17)32-4/h7-10,12-13,16,18,28H,5-6,11,14-15,27H2,1-4H3. The summed E-state index contributed by atoms with van der Waals surface area (Å²) in [5.41, 5.74) is 10.3. The highest BCUT2D eigenvalue weighted by Gasteiger charge is 2.22. The van der Waals surface area contributed by atoms with Crippen molar-refractivity contribution in [3.05, 3.63) is 42.0 Å². The molecular formula is C26H33N3O4.